The number of benzene rings is 1. The van der Waals surface area contributed by atoms with Gasteiger partial charge in [-0.3, -0.25) is 9.69 Å². The predicted octanol–water partition coefficient (Wildman–Crippen LogP) is 2.13. The Bertz CT molecular complexity index is 485. The van der Waals surface area contributed by atoms with Gasteiger partial charge >= 0.3 is 6.18 Å². The van der Waals surface area contributed by atoms with Crippen LogP contribution in [0.4, 0.5) is 18.9 Å². The van der Waals surface area contributed by atoms with Gasteiger partial charge in [-0.25, -0.2) is 0 Å². The van der Waals surface area contributed by atoms with Crippen molar-refractivity contribution < 1.29 is 22.7 Å². The van der Waals surface area contributed by atoms with Crippen LogP contribution >= 0.6 is 0 Å². The van der Waals surface area contributed by atoms with Crippen LogP contribution in [-0.4, -0.2) is 43.7 Å². The summed E-state index contributed by atoms with van der Waals surface area (Å²) in [5, 5.41) is 2.63. The molecule has 1 fully saturated rings. The summed E-state index contributed by atoms with van der Waals surface area (Å²) in [6, 6.07) is 6.79. The Morgan fingerprint density at radius 2 is 2.15 bits per heavy atom. The second-order valence-corrected chi connectivity index (χ2v) is 4.71. The number of nitrogens with zero attached hydrogens (tertiary/aromatic N) is 1. The van der Waals surface area contributed by atoms with E-state index in [1.807, 2.05) is 0 Å². The number of carbonyl (C=O) groups excluding carboxylic acids is 1. The highest BCUT2D eigenvalue weighted by Crippen LogP contribution is 2.33. The van der Waals surface area contributed by atoms with Crippen LogP contribution in [0.25, 0.3) is 0 Å². The number of nitrogens with one attached hydrogen (secondary N) is 1. The van der Waals surface area contributed by atoms with E-state index in [0.717, 1.165) is 0 Å². The third-order valence-electron chi connectivity index (χ3n) is 3.14. The maximum absolute atomic E-state index is 12.3. The highest BCUT2D eigenvalue weighted by atomic mass is 19.4. The minimum absolute atomic E-state index is 0.0379. The Hall–Kier alpha value is -1.76. The second-order valence-electron chi connectivity index (χ2n) is 4.71. The van der Waals surface area contributed by atoms with Crippen LogP contribution < -0.4 is 10.1 Å². The van der Waals surface area contributed by atoms with Crippen LogP contribution in [0.5, 0.6) is 5.75 Å². The first-order chi connectivity index (χ1) is 9.38. The van der Waals surface area contributed by atoms with Crippen molar-refractivity contribution in [2.45, 2.75) is 6.18 Å². The van der Waals surface area contributed by atoms with E-state index in [0.29, 0.717) is 11.4 Å². The molecule has 0 unspecified atom stereocenters. The first-order valence-electron chi connectivity index (χ1n) is 6.11. The monoisotopic (exact) mass is 288 g/mol. The first-order valence-corrected chi connectivity index (χ1v) is 6.11. The number of methoxy groups -OCH3 is 1. The fraction of sp³-hybridized carbons (Fsp3) is 0.462. The molecule has 0 spiro atoms. The molecule has 2 rings (SSSR count). The van der Waals surface area contributed by atoms with Crippen LogP contribution in [0.1, 0.15) is 0 Å². The Kier molecular flexibility index (Phi) is 4.17. The second kappa shape index (κ2) is 5.70. The van der Waals surface area contributed by atoms with Crippen molar-refractivity contribution in [2.75, 3.05) is 32.1 Å². The van der Waals surface area contributed by atoms with Crippen molar-refractivity contribution in [1.29, 1.82) is 0 Å². The Balaban J connectivity index is 1.79. The topological polar surface area (TPSA) is 41.6 Å². The van der Waals surface area contributed by atoms with Gasteiger partial charge in [0.25, 0.3) is 0 Å². The molecule has 1 saturated heterocycles. The average Bonchev–Trinajstić information content (AvgIpc) is 2.32. The normalized spacial score (nSPS) is 16.6. The smallest absolute Gasteiger partial charge is 0.394 e. The summed E-state index contributed by atoms with van der Waals surface area (Å²) in [6.45, 7) is -0.270. The third-order valence-corrected chi connectivity index (χ3v) is 3.14. The van der Waals surface area contributed by atoms with Gasteiger partial charge in [0.05, 0.1) is 19.6 Å². The maximum Gasteiger partial charge on any atom is 0.394 e. The van der Waals surface area contributed by atoms with Gasteiger partial charge in [-0.15, -0.1) is 0 Å². The molecule has 0 aromatic heterocycles. The summed E-state index contributed by atoms with van der Waals surface area (Å²) in [6.07, 6.45) is -4.17. The minimum Gasteiger partial charge on any atom is -0.497 e. The SMILES string of the molecule is COc1cccc(NC(=O)CN2CC(C(F)(F)F)C2)c1. The highest BCUT2D eigenvalue weighted by Gasteiger charge is 2.47. The van der Waals surface area contributed by atoms with E-state index in [1.165, 1.54) is 12.0 Å². The van der Waals surface area contributed by atoms with Crippen molar-refractivity contribution in [3.8, 4) is 5.75 Å². The summed E-state index contributed by atoms with van der Waals surface area (Å²) in [5.41, 5.74) is 0.558. The van der Waals surface area contributed by atoms with E-state index in [-0.39, 0.29) is 25.5 Å². The third kappa shape index (κ3) is 3.63. The number of amides is 1. The summed E-state index contributed by atoms with van der Waals surface area (Å²) in [4.78, 5) is 13.2. The quantitative estimate of drug-likeness (QED) is 0.923. The van der Waals surface area contributed by atoms with Gasteiger partial charge < -0.3 is 10.1 Å². The number of halogens is 3. The zero-order valence-electron chi connectivity index (χ0n) is 10.9. The van der Waals surface area contributed by atoms with Gasteiger partial charge in [0.15, 0.2) is 0 Å². The fourth-order valence-electron chi connectivity index (χ4n) is 2.01. The van der Waals surface area contributed by atoms with E-state index in [4.69, 9.17) is 4.74 Å². The summed E-state index contributed by atoms with van der Waals surface area (Å²) < 4.78 is 41.9. The van der Waals surface area contributed by atoms with E-state index >= 15 is 0 Å². The first kappa shape index (κ1) is 14.6. The molecule has 0 saturated carbocycles. The van der Waals surface area contributed by atoms with Crippen LogP contribution in [-0.2, 0) is 4.79 Å². The Labute approximate surface area is 114 Å². The van der Waals surface area contributed by atoms with Crippen molar-refractivity contribution in [3.63, 3.8) is 0 Å². The lowest BCUT2D eigenvalue weighted by Gasteiger charge is -2.39. The summed E-state index contributed by atoms with van der Waals surface area (Å²) in [5.74, 6) is -1.05. The molecule has 4 nitrogen and oxygen atoms in total. The zero-order chi connectivity index (χ0) is 14.8. The van der Waals surface area contributed by atoms with Crippen LogP contribution in [0.15, 0.2) is 24.3 Å². The van der Waals surface area contributed by atoms with Gasteiger partial charge in [-0.2, -0.15) is 13.2 Å². The Morgan fingerprint density at radius 3 is 2.75 bits per heavy atom. The van der Waals surface area contributed by atoms with Crippen molar-refractivity contribution >= 4 is 11.6 Å². The lowest BCUT2D eigenvalue weighted by atomic mass is 10.00. The molecule has 0 bridgehead atoms. The van der Waals surface area contributed by atoms with Gasteiger partial charge in [-0.05, 0) is 12.1 Å². The molecule has 20 heavy (non-hydrogen) atoms. The fourth-order valence-corrected chi connectivity index (χ4v) is 2.01. The molecule has 0 radical (unpaired) electrons. The number of likely N-dealkylation sites (tertiary alicyclic amines) is 1. The maximum atomic E-state index is 12.3. The number of rotatable bonds is 4. The number of hydrogen-bond donors (Lipinski definition) is 1. The van der Waals surface area contributed by atoms with Crippen molar-refractivity contribution in [3.05, 3.63) is 24.3 Å². The largest absolute Gasteiger partial charge is 0.497 e. The molecule has 110 valence electrons. The number of ether oxygens (including phenoxy) is 1. The molecule has 1 amide bonds. The molecule has 0 atom stereocenters. The average molecular weight is 288 g/mol. The predicted molar refractivity (Wildman–Crippen MR) is 67.6 cm³/mol. The molecule has 1 heterocycles. The highest BCUT2D eigenvalue weighted by molar-refractivity contribution is 5.92. The lowest BCUT2D eigenvalue weighted by Crippen LogP contribution is -2.55. The van der Waals surface area contributed by atoms with Crippen molar-refractivity contribution in [2.24, 2.45) is 5.92 Å². The van der Waals surface area contributed by atoms with Crippen LogP contribution in [0.2, 0.25) is 0 Å². The molecule has 7 heteroatoms. The van der Waals surface area contributed by atoms with Gasteiger partial charge in [-0.1, -0.05) is 6.07 Å². The lowest BCUT2D eigenvalue weighted by molar-refractivity contribution is -0.208. The molecule has 1 aliphatic rings. The molecule has 1 N–H and O–H groups in total. The van der Waals surface area contributed by atoms with Crippen LogP contribution in [0.3, 0.4) is 0 Å². The molecule has 1 aliphatic heterocycles. The number of hydrogen-bond acceptors (Lipinski definition) is 3. The van der Waals surface area contributed by atoms with Gasteiger partial charge in [0, 0.05) is 24.8 Å². The molecule has 1 aromatic carbocycles. The van der Waals surface area contributed by atoms with E-state index in [1.54, 1.807) is 24.3 Å². The van der Waals surface area contributed by atoms with E-state index < -0.39 is 12.1 Å². The standard InChI is InChI=1S/C13H15F3N2O2/c1-20-11-4-2-3-10(5-11)17-12(19)8-18-6-9(7-18)13(14,15)16/h2-5,9H,6-8H2,1H3,(H,17,19). The Morgan fingerprint density at radius 1 is 1.45 bits per heavy atom. The summed E-state index contributed by atoms with van der Waals surface area (Å²) in [7, 11) is 1.51. The summed E-state index contributed by atoms with van der Waals surface area (Å²) >= 11 is 0. The molecule has 0 aliphatic carbocycles. The molecular weight excluding hydrogens is 273 g/mol. The van der Waals surface area contributed by atoms with E-state index in [2.05, 4.69) is 5.32 Å². The van der Waals surface area contributed by atoms with Crippen molar-refractivity contribution in [1.82, 2.24) is 4.90 Å². The number of carbonyl (C=O) groups is 1. The molecule has 1 aromatic rings. The van der Waals surface area contributed by atoms with Crippen LogP contribution in [0, 0.1) is 5.92 Å². The zero-order valence-corrected chi connectivity index (χ0v) is 10.9. The van der Waals surface area contributed by atoms with E-state index in [9.17, 15) is 18.0 Å². The van der Waals surface area contributed by atoms with Gasteiger partial charge in [0.2, 0.25) is 5.91 Å². The minimum atomic E-state index is -4.17. The molecular formula is C13H15F3N2O2. The number of anilines is 1. The number of alkyl halides is 3. The van der Waals surface area contributed by atoms with Gasteiger partial charge in [0.1, 0.15) is 5.75 Å².